The number of hydrogen-bond donors (Lipinski definition) is 1. The molecule has 0 spiro atoms. The lowest BCUT2D eigenvalue weighted by Gasteiger charge is -2.39. The van der Waals surface area contributed by atoms with Crippen LogP contribution in [-0.4, -0.2) is 50.5 Å². The number of anilines is 1. The number of nitrogens with one attached hydrogen (secondary N) is 1. The van der Waals surface area contributed by atoms with Crippen molar-refractivity contribution < 1.29 is 28.1 Å². The van der Waals surface area contributed by atoms with E-state index >= 15 is 0 Å². The first-order valence-electron chi connectivity index (χ1n) is 11.3. The zero-order valence-electron chi connectivity index (χ0n) is 20.2. The molecule has 0 aliphatic carbocycles. The number of ether oxygens (including phenoxy) is 4. The Kier molecular flexibility index (Phi) is 7.90. The van der Waals surface area contributed by atoms with Crippen LogP contribution in [0.4, 0.5) is 10.1 Å². The normalized spacial score (nSPS) is 14.4. The number of methoxy groups -OCH3 is 3. The lowest BCUT2D eigenvalue weighted by atomic mass is 9.92. The summed E-state index contributed by atoms with van der Waals surface area (Å²) < 4.78 is 35.7. The third kappa shape index (κ3) is 5.52. The summed E-state index contributed by atoms with van der Waals surface area (Å²) in [6.07, 6.45) is 0.727. The average molecular weight is 511 g/mol. The van der Waals surface area contributed by atoms with E-state index in [4.69, 9.17) is 31.2 Å². The highest BCUT2D eigenvalue weighted by molar-refractivity contribution is 7.80. The van der Waals surface area contributed by atoms with Gasteiger partial charge in [-0.05, 0) is 84.4 Å². The van der Waals surface area contributed by atoms with Crippen LogP contribution in [0.1, 0.15) is 27.5 Å². The maximum atomic E-state index is 13.7. The largest absolute Gasteiger partial charge is 0.493 e. The molecule has 0 fully saturated rings. The van der Waals surface area contributed by atoms with Gasteiger partial charge in [-0.25, -0.2) is 9.18 Å². The minimum absolute atomic E-state index is 0.262. The number of hydrogen-bond acceptors (Lipinski definition) is 6. The fourth-order valence-electron chi connectivity index (χ4n) is 4.19. The summed E-state index contributed by atoms with van der Waals surface area (Å²) in [5.74, 6) is 1.10. The molecule has 9 heteroatoms. The van der Waals surface area contributed by atoms with Gasteiger partial charge in [0, 0.05) is 12.2 Å². The molecule has 1 aliphatic heterocycles. The first-order chi connectivity index (χ1) is 17.4. The highest BCUT2D eigenvalue weighted by Crippen LogP contribution is 2.38. The highest BCUT2D eigenvalue weighted by atomic mass is 32.1. The van der Waals surface area contributed by atoms with Gasteiger partial charge in [0.2, 0.25) is 0 Å². The Labute approximate surface area is 214 Å². The van der Waals surface area contributed by atoms with E-state index in [1.54, 1.807) is 50.6 Å². The minimum atomic E-state index is -0.413. The van der Waals surface area contributed by atoms with E-state index < -0.39 is 5.97 Å². The number of halogens is 1. The van der Waals surface area contributed by atoms with Crippen LogP contribution in [0.15, 0.2) is 60.7 Å². The molecule has 1 N–H and O–H groups in total. The van der Waals surface area contributed by atoms with Crippen molar-refractivity contribution in [3.8, 4) is 17.2 Å². The van der Waals surface area contributed by atoms with E-state index in [2.05, 4.69) is 5.32 Å². The molecule has 0 aromatic heterocycles. The van der Waals surface area contributed by atoms with Crippen LogP contribution in [-0.2, 0) is 11.2 Å². The number of nitrogens with zero attached hydrogens (tertiary/aromatic N) is 1. The van der Waals surface area contributed by atoms with Crippen molar-refractivity contribution in [1.29, 1.82) is 0 Å². The molecule has 1 aliphatic rings. The van der Waals surface area contributed by atoms with Gasteiger partial charge in [0.05, 0.1) is 32.9 Å². The van der Waals surface area contributed by atoms with Crippen molar-refractivity contribution in [3.63, 3.8) is 0 Å². The molecule has 188 valence electrons. The number of thiocarbonyl (C=S) groups is 1. The van der Waals surface area contributed by atoms with Crippen molar-refractivity contribution in [2.75, 3.05) is 39.8 Å². The quantitative estimate of drug-likeness (QED) is 0.352. The maximum absolute atomic E-state index is 13.7. The van der Waals surface area contributed by atoms with Crippen molar-refractivity contribution in [3.05, 3.63) is 83.2 Å². The van der Waals surface area contributed by atoms with Gasteiger partial charge in [0.25, 0.3) is 0 Å². The molecule has 0 bridgehead atoms. The van der Waals surface area contributed by atoms with Crippen molar-refractivity contribution >= 4 is 29.0 Å². The predicted octanol–water partition coefficient (Wildman–Crippen LogP) is 5.00. The van der Waals surface area contributed by atoms with Gasteiger partial charge in [0.1, 0.15) is 18.2 Å². The van der Waals surface area contributed by atoms with E-state index in [9.17, 15) is 9.18 Å². The Balaban J connectivity index is 1.62. The smallest absolute Gasteiger partial charge is 0.337 e. The first kappa shape index (κ1) is 25.2. The summed E-state index contributed by atoms with van der Waals surface area (Å²) in [5, 5.41) is 3.60. The molecule has 4 rings (SSSR count). The van der Waals surface area contributed by atoms with E-state index in [1.807, 2.05) is 17.0 Å². The van der Waals surface area contributed by atoms with Crippen LogP contribution in [0.3, 0.4) is 0 Å². The fourth-order valence-corrected chi connectivity index (χ4v) is 4.53. The van der Waals surface area contributed by atoms with Crippen molar-refractivity contribution in [2.24, 2.45) is 0 Å². The molecule has 3 aromatic rings. The van der Waals surface area contributed by atoms with Gasteiger partial charge in [-0.2, -0.15) is 0 Å². The fraction of sp³-hybridized carbons (Fsp3) is 0.259. The van der Waals surface area contributed by atoms with Gasteiger partial charge in [-0.1, -0.05) is 6.07 Å². The van der Waals surface area contributed by atoms with E-state index in [-0.39, 0.29) is 18.5 Å². The van der Waals surface area contributed by atoms with Crippen LogP contribution in [0.2, 0.25) is 0 Å². The third-order valence-electron chi connectivity index (χ3n) is 6.02. The first-order valence-corrected chi connectivity index (χ1v) is 11.7. The number of carbonyl (C=O) groups is 1. The molecule has 36 heavy (non-hydrogen) atoms. The lowest BCUT2D eigenvalue weighted by molar-refractivity contribution is 0.0600. The van der Waals surface area contributed by atoms with Crippen LogP contribution >= 0.6 is 12.2 Å². The minimum Gasteiger partial charge on any atom is -0.493 e. The van der Waals surface area contributed by atoms with Gasteiger partial charge in [0.15, 0.2) is 16.6 Å². The summed E-state index contributed by atoms with van der Waals surface area (Å²) in [5.41, 5.74) is 3.10. The average Bonchev–Trinajstić information content (AvgIpc) is 2.90. The standard InChI is InChI=1S/C27H27FN2O5S/c1-32-24-13-18-11-12-30(27(36)29-20-6-4-5-19(28)14-20)23(22(18)15-25(24)33-2)16-35-21-9-7-17(8-10-21)26(31)34-3/h4-10,13-15,23H,11-12,16H2,1-3H3,(H,29,36)/t23-/m1/s1. The van der Waals surface area contributed by atoms with Crippen molar-refractivity contribution in [1.82, 2.24) is 4.90 Å². The molecule has 1 heterocycles. The van der Waals surface area contributed by atoms with E-state index in [1.165, 1.54) is 19.2 Å². The second kappa shape index (κ2) is 11.3. The number of carbonyl (C=O) groups excluding carboxylic acids is 1. The molecular formula is C27H27FN2O5S. The second-order valence-electron chi connectivity index (χ2n) is 8.13. The monoisotopic (exact) mass is 510 g/mol. The number of rotatable bonds is 7. The SMILES string of the molecule is COC(=O)c1ccc(OC[C@@H]2c3cc(OC)c(OC)cc3CCN2C(=S)Nc2cccc(F)c2)cc1. The molecule has 0 saturated carbocycles. The van der Waals surface area contributed by atoms with Crippen LogP contribution in [0.25, 0.3) is 0 Å². The van der Waals surface area contributed by atoms with Crippen molar-refractivity contribution in [2.45, 2.75) is 12.5 Å². The summed E-state index contributed by atoms with van der Waals surface area (Å²) in [6.45, 7) is 0.893. The van der Waals surface area contributed by atoms with E-state index in [0.29, 0.717) is 40.2 Å². The Morgan fingerprint density at radius 3 is 2.44 bits per heavy atom. The molecular weight excluding hydrogens is 483 g/mol. The molecule has 0 amide bonds. The molecule has 0 radical (unpaired) electrons. The summed E-state index contributed by atoms with van der Waals surface area (Å²) in [7, 11) is 4.54. The number of esters is 1. The highest BCUT2D eigenvalue weighted by Gasteiger charge is 2.31. The Morgan fingerprint density at radius 1 is 1.06 bits per heavy atom. The lowest BCUT2D eigenvalue weighted by Crippen LogP contribution is -2.44. The van der Waals surface area contributed by atoms with Gasteiger partial charge < -0.3 is 29.2 Å². The summed E-state index contributed by atoms with van der Waals surface area (Å²) in [4.78, 5) is 13.8. The number of fused-ring (bicyclic) bond motifs is 1. The number of benzene rings is 3. The molecule has 7 nitrogen and oxygen atoms in total. The summed E-state index contributed by atoms with van der Waals surface area (Å²) in [6, 6.07) is 16.6. The molecule has 0 saturated heterocycles. The van der Waals surface area contributed by atoms with Gasteiger partial charge in [-0.15, -0.1) is 0 Å². The Bertz CT molecular complexity index is 1250. The summed E-state index contributed by atoms with van der Waals surface area (Å²) >= 11 is 5.73. The Morgan fingerprint density at radius 2 is 1.78 bits per heavy atom. The third-order valence-corrected chi connectivity index (χ3v) is 6.36. The zero-order chi connectivity index (χ0) is 25.7. The zero-order valence-corrected chi connectivity index (χ0v) is 21.1. The van der Waals surface area contributed by atoms with Gasteiger partial charge in [-0.3, -0.25) is 0 Å². The molecule has 0 unspecified atom stereocenters. The topological polar surface area (TPSA) is 69.3 Å². The second-order valence-corrected chi connectivity index (χ2v) is 8.52. The molecule has 3 aromatic carbocycles. The van der Waals surface area contributed by atoms with E-state index in [0.717, 1.165) is 17.5 Å². The molecule has 1 atom stereocenters. The van der Waals surface area contributed by atoms with Crippen LogP contribution < -0.4 is 19.5 Å². The maximum Gasteiger partial charge on any atom is 0.337 e. The van der Waals surface area contributed by atoms with Crippen LogP contribution in [0, 0.1) is 5.82 Å². The predicted molar refractivity (Wildman–Crippen MR) is 139 cm³/mol. The van der Waals surface area contributed by atoms with Gasteiger partial charge >= 0.3 is 5.97 Å². The Hall–Kier alpha value is -3.85. The van der Waals surface area contributed by atoms with Crippen LogP contribution in [0.5, 0.6) is 17.2 Å².